The van der Waals surface area contributed by atoms with Crippen LogP contribution in [0.25, 0.3) is 10.9 Å². The molecule has 2 aromatic carbocycles. The molecule has 11 heteroatoms. The van der Waals surface area contributed by atoms with E-state index in [9.17, 15) is 21.6 Å². The van der Waals surface area contributed by atoms with Gasteiger partial charge >= 0.3 is 6.36 Å². The lowest BCUT2D eigenvalue weighted by Gasteiger charge is -2.35. The van der Waals surface area contributed by atoms with Gasteiger partial charge in [-0.2, -0.15) is 0 Å². The van der Waals surface area contributed by atoms with Crippen molar-refractivity contribution in [2.45, 2.75) is 18.2 Å². The van der Waals surface area contributed by atoms with E-state index in [1.807, 2.05) is 0 Å². The van der Waals surface area contributed by atoms with E-state index >= 15 is 0 Å². The van der Waals surface area contributed by atoms with Crippen molar-refractivity contribution in [1.29, 1.82) is 0 Å². The molecule has 32 heavy (non-hydrogen) atoms. The zero-order valence-corrected chi connectivity index (χ0v) is 18.7. The maximum absolute atomic E-state index is 13.4. The molecule has 1 saturated heterocycles. The molecule has 1 fully saturated rings. The molecular formula is C21H21ClF3N3O3S. The Hall–Kier alpha value is -2.43. The summed E-state index contributed by atoms with van der Waals surface area (Å²) >= 11 is 6.15. The van der Waals surface area contributed by atoms with E-state index in [0.29, 0.717) is 10.5 Å². The Morgan fingerprint density at radius 1 is 1.03 bits per heavy atom. The third-order valence-corrected chi connectivity index (χ3v) is 7.41. The van der Waals surface area contributed by atoms with Crippen LogP contribution in [-0.2, 0) is 10.0 Å². The number of likely N-dealkylation sites (N-methyl/N-ethyl adjacent to an activating group) is 1. The molecule has 172 valence electrons. The zero-order chi connectivity index (χ0) is 23.1. The molecule has 2 heterocycles. The van der Waals surface area contributed by atoms with E-state index in [0.717, 1.165) is 72.0 Å². The average molecular weight is 488 g/mol. The zero-order valence-electron chi connectivity index (χ0n) is 17.1. The van der Waals surface area contributed by atoms with Crippen molar-refractivity contribution >= 4 is 38.2 Å². The van der Waals surface area contributed by atoms with Crippen molar-refractivity contribution in [2.75, 3.05) is 37.6 Å². The van der Waals surface area contributed by atoms with Gasteiger partial charge in [-0.05, 0) is 49.0 Å². The second kappa shape index (κ2) is 8.49. The highest BCUT2D eigenvalue weighted by atomic mass is 35.5. The molecule has 0 saturated carbocycles. The van der Waals surface area contributed by atoms with Gasteiger partial charge in [0.05, 0.1) is 16.1 Å². The molecule has 0 N–H and O–H groups in total. The number of anilines is 1. The predicted octanol–water partition coefficient (Wildman–Crippen LogP) is 4.57. The first-order chi connectivity index (χ1) is 15.1. The quantitative estimate of drug-likeness (QED) is 0.527. The number of piperazine rings is 1. The average Bonchev–Trinajstić information content (AvgIpc) is 3.12. The molecule has 6 nitrogen and oxygen atoms in total. The van der Waals surface area contributed by atoms with E-state index in [1.165, 1.54) is 0 Å². The first-order valence-electron chi connectivity index (χ1n) is 9.98. The summed E-state index contributed by atoms with van der Waals surface area (Å²) in [6.07, 6.45) is -3.30. The predicted molar refractivity (Wildman–Crippen MR) is 117 cm³/mol. The van der Waals surface area contributed by atoms with E-state index < -0.39 is 22.1 Å². The molecule has 0 spiro atoms. The van der Waals surface area contributed by atoms with E-state index in [2.05, 4.69) is 21.5 Å². The van der Waals surface area contributed by atoms with E-state index in [-0.39, 0.29) is 4.90 Å². The van der Waals surface area contributed by atoms with Crippen LogP contribution < -0.4 is 9.64 Å². The number of alkyl halides is 3. The molecule has 0 aliphatic carbocycles. The molecule has 0 amide bonds. The van der Waals surface area contributed by atoms with Gasteiger partial charge in [-0.1, -0.05) is 18.5 Å². The topological polar surface area (TPSA) is 54.8 Å². The number of hydrogen-bond donors (Lipinski definition) is 0. The Bertz CT molecular complexity index is 1220. The van der Waals surface area contributed by atoms with Gasteiger partial charge in [0.15, 0.2) is 0 Å². The number of ether oxygens (including phenoxy) is 1. The van der Waals surface area contributed by atoms with Crippen molar-refractivity contribution in [3.05, 3.63) is 53.7 Å². The van der Waals surface area contributed by atoms with Crippen LogP contribution in [0.2, 0.25) is 5.02 Å². The fourth-order valence-electron chi connectivity index (χ4n) is 3.84. The maximum atomic E-state index is 13.4. The first-order valence-corrected chi connectivity index (χ1v) is 11.8. The summed E-state index contributed by atoms with van der Waals surface area (Å²) in [5.41, 5.74) is 1.18. The van der Waals surface area contributed by atoms with Crippen LogP contribution in [0.15, 0.2) is 53.6 Å². The molecule has 0 bridgehead atoms. The minimum absolute atomic E-state index is 0.161. The Balaban J connectivity index is 1.74. The van der Waals surface area contributed by atoms with E-state index in [4.69, 9.17) is 11.6 Å². The standard InChI is InChI=1S/C21H21ClF3N3O3S/c1-2-26-9-11-27(12-10-26)20-14-28(19-13-15(22)3-8-18(19)20)32(29,30)17-6-4-16(5-7-17)31-21(23,24)25/h3-8,13-14H,2,9-12H2,1H3. The number of aromatic nitrogens is 1. The lowest BCUT2D eigenvalue weighted by Crippen LogP contribution is -2.46. The summed E-state index contributed by atoms with van der Waals surface area (Å²) in [4.78, 5) is 4.29. The van der Waals surface area contributed by atoms with E-state index in [1.54, 1.807) is 24.4 Å². The van der Waals surface area contributed by atoms with Gasteiger partial charge in [-0.15, -0.1) is 13.2 Å². The number of halogens is 4. The summed E-state index contributed by atoms with van der Waals surface area (Å²) in [5.74, 6) is -0.494. The first kappa shape index (κ1) is 22.8. The summed E-state index contributed by atoms with van der Waals surface area (Å²) in [6, 6.07) is 9.19. The molecule has 1 aromatic heterocycles. The normalized spacial score (nSPS) is 16.0. The maximum Gasteiger partial charge on any atom is 0.573 e. The number of benzene rings is 2. The molecule has 4 rings (SSSR count). The van der Waals surface area contributed by atoms with Gasteiger partial charge in [-0.25, -0.2) is 12.4 Å². The number of nitrogens with zero attached hydrogens (tertiary/aromatic N) is 3. The van der Waals surface area contributed by atoms with Crippen LogP contribution in [0.5, 0.6) is 5.75 Å². The van der Waals surface area contributed by atoms with Gasteiger partial charge < -0.3 is 14.5 Å². The Morgan fingerprint density at radius 2 is 1.69 bits per heavy atom. The van der Waals surface area contributed by atoms with Gasteiger partial charge in [0.25, 0.3) is 10.0 Å². The highest BCUT2D eigenvalue weighted by molar-refractivity contribution is 7.90. The second-order valence-electron chi connectivity index (χ2n) is 7.42. The fourth-order valence-corrected chi connectivity index (χ4v) is 5.36. The lowest BCUT2D eigenvalue weighted by atomic mass is 10.2. The SMILES string of the molecule is CCN1CCN(c2cn(S(=O)(=O)c3ccc(OC(F)(F)F)cc3)c3cc(Cl)ccc23)CC1. The van der Waals surface area contributed by atoms with Crippen LogP contribution in [0.3, 0.4) is 0 Å². The minimum Gasteiger partial charge on any atom is -0.406 e. The number of rotatable bonds is 5. The molecule has 1 aliphatic rings. The van der Waals surface area contributed by atoms with Gasteiger partial charge in [0.2, 0.25) is 0 Å². The number of hydrogen-bond acceptors (Lipinski definition) is 5. The van der Waals surface area contributed by atoms with Crippen LogP contribution in [0.4, 0.5) is 18.9 Å². The molecule has 0 radical (unpaired) electrons. The second-order valence-corrected chi connectivity index (χ2v) is 9.67. The van der Waals surface area contributed by atoms with Crippen LogP contribution in [0.1, 0.15) is 6.92 Å². The monoisotopic (exact) mass is 487 g/mol. The van der Waals surface area contributed by atoms with Crippen molar-refractivity contribution in [3.63, 3.8) is 0 Å². The lowest BCUT2D eigenvalue weighted by molar-refractivity contribution is -0.274. The van der Waals surface area contributed by atoms with Crippen LogP contribution in [0, 0.1) is 0 Å². The molecular weight excluding hydrogens is 467 g/mol. The Morgan fingerprint density at radius 3 is 2.28 bits per heavy atom. The highest BCUT2D eigenvalue weighted by Gasteiger charge is 2.31. The fraction of sp³-hybridized carbons (Fsp3) is 0.333. The third kappa shape index (κ3) is 4.53. The largest absolute Gasteiger partial charge is 0.573 e. The van der Waals surface area contributed by atoms with Gasteiger partial charge in [0, 0.05) is 42.8 Å². The smallest absolute Gasteiger partial charge is 0.406 e. The van der Waals surface area contributed by atoms with Gasteiger partial charge in [0.1, 0.15) is 5.75 Å². The summed E-state index contributed by atoms with van der Waals surface area (Å²) < 4.78 is 69.0. The molecule has 0 unspecified atom stereocenters. The summed E-state index contributed by atoms with van der Waals surface area (Å²) in [6.45, 7) is 6.28. The molecule has 3 aromatic rings. The molecule has 1 aliphatic heterocycles. The van der Waals surface area contributed by atoms with Crippen molar-refractivity contribution in [3.8, 4) is 5.75 Å². The molecule has 0 atom stereocenters. The Kier molecular flexibility index (Phi) is 6.04. The Labute approximate surface area is 188 Å². The van der Waals surface area contributed by atoms with Crippen molar-refractivity contribution in [2.24, 2.45) is 0 Å². The van der Waals surface area contributed by atoms with Crippen LogP contribution >= 0.6 is 11.6 Å². The van der Waals surface area contributed by atoms with Gasteiger partial charge in [-0.3, -0.25) is 0 Å². The minimum atomic E-state index is -4.86. The summed E-state index contributed by atoms with van der Waals surface area (Å²) in [7, 11) is -4.09. The summed E-state index contributed by atoms with van der Waals surface area (Å²) in [5, 5.41) is 1.11. The van der Waals surface area contributed by atoms with Crippen LogP contribution in [-0.4, -0.2) is 56.4 Å². The third-order valence-electron chi connectivity index (χ3n) is 5.49. The van der Waals surface area contributed by atoms with Crippen molar-refractivity contribution in [1.82, 2.24) is 8.87 Å². The highest BCUT2D eigenvalue weighted by Crippen LogP contribution is 2.35. The van der Waals surface area contributed by atoms with Crippen molar-refractivity contribution < 1.29 is 26.3 Å². The number of fused-ring (bicyclic) bond motifs is 1.